The maximum absolute atomic E-state index is 12.0. The second-order valence-corrected chi connectivity index (χ2v) is 6.25. The predicted molar refractivity (Wildman–Crippen MR) is 84.1 cm³/mol. The molecule has 0 aliphatic rings. The van der Waals surface area contributed by atoms with Gasteiger partial charge in [-0.15, -0.1) is 0 Å². The Morgan fingerprint density at radius 3 is 2.54 bits per heavy atom. The molecule has 11 heteroatoms. The number of imidazole rings is 1. The molecule has 0 saturated carbocycles. The fourth-order valence-electron chi connectivity index (χ4n) is 1.91. The molecule has 2 amide bonds. The molecule has 0 unspecified atom stereocenters. The number of carbonyl (C=O) groups excluding carboxylic acids is 2. The number of anilines is 2. The number of hydrogen-bond acceptors (Lipinski definition) is 5. The third-order valence-electron chi connectivity index (χ3n) is 2.83. The number of hydrazine groups is 1. The van der Waals surface area contributed by atoms with Gasteiger partial charge in [-0.2, -0.15) is 8.42 Å². The first kappa shape index (κ1) is 17.4. The summed E-state index contributed by atoms with van der Waals surface area (Å²) in [6.45, 7) is -0.0226. The van der Waals surface area contributed by atoms with Crippen LogP contribution in [0, 0.1) is 0 Å². The number of hydrogen-bond donors (Lipinski definition) is 4. The van der Waals surface area contributed by atoms with Crippen molar-refractivity contribution in [2.24, 2.45) is 0 Å². The lowest BCUT2D eigenvalue weighted by Crippen LogP contribution is -2.38. The Morgan fingerprint density at radius 2 is 1.92 bits per heavy atom. The van der Waals surface area contributed by atoms with E-state index in [-0.39, 0.29) is 12.5 Å². The lowest BCUT2D eigenvalue weighted by Gasteiger charge is -2.06. The smallest absolute Gasteiger partial charge is 0.304 e. The van der Waals surface area contributed by atoms with E-state index >= 15 is 0 Å². The van der Waals surface area contributed by atoms with Crippen molar-refractivity contribution in [3.05, 3.63) is 43.0 Å². The fourth-order valence-corrected chi connectivity index (χ4v) is 2.44. The van der Waals surface area contributed by atoms with E-state index in [0.29, 0.717) is 17.8 Å². The molecule has 1 heterocycles. The van der Waals surface area contributed by atoms with Crippen LogP contribution >= 0.6 is 0 Å². The zero-order valence-corrected chi connectivity index (χ0v) is 13.2. The number of aromatic nitrogens is 2. The highest BCUT2D eigenvalue weighted by Gasteiger charge is 2.14. The molecule has 0 bridgehead atoms. The van der Waals surface area contributed by atoms with E-state index in [1.54, 1.807) is 24.3 Å². The molecule has 10 nitrogen and oxygen atoms in total. The molecule has 2 aromatic rings. The van der Waals surface area contributed by atoms with Crippen LogP contribution in [0.4, 0.5) is 11.4 Å². The summed E-state index contributed by atoms with van der Waals surface area (Å²) in [5.74, 6) is -0.887. The zero-order valence-electron chi connectivity index (χ0n) is 12.4. The van der Waals surface area contributed by atoms with Gasteiger partial charge in [-0.1, -0.05) is 0 Å². The standard InChI is InChI=1S/C13H15N5O5S/c19-8-14-16-12-3-1-11(2-4-12)15-13(20)7-17-5-6-18(9-17)10-24(21,22)23/h1-6,8-9,16H,7,10H2,(H2-,14,15,19,20,21,22,23)/p+1. The summed E-state index contributed by atoms with van der Waals surface area (Å²) in [7, 11) is -4.14. The van der Waals surface area contributed by atoms with Crippen LogP contribution in [0.3, 0.4) is 0 Å². The van der Waals surface area contributed by atoms with Gasteiger partial charge in [0.25, 0.3) is 5.91 Å². The molecule has 1 aromatic heterocycles. The first-order chi connectivity index (χ1) is 11.4. The van der Waals surface area contributed by atoms with Gasteiger partial charge in [0.1, 0.15) is 12.4 Å². The summed E-state index contributed by atoms with van der Waals surface area (Å²) in [5.41, 5.74) is 6.13. The molecule has 0 aliphatic carbocycles. The average Bonchev–Trinajstić information content (AvgIpc) is 2.91. The lowest BCUT2D eigenvalue weighted by molar-refractivity contribution is -0.683. The minimum atomic E-state index is -4.14. The first-order valence-corrected chi connectivity index (χ1v) is 8.32. The Labute approximate surface area is 137 Å². The van der Waals surface area contributed by atoms with Gasteiger partial charge in [-0.3, -0.25) is 25.0 Å². The highest BCUT2D eigenvalue weighted by Crippen LogP contribution is 2.12. The number of rotatable bonds is 8. The van der Waals surface area contributed by atoms with Crippen molar-refractivity contribution in [2.75, 3.05) is 10.7 Å². The second kappa shape index (κ2) is 7.57. The number of amides is 2. The van der Waals surface area contributed by atoms with Gasteiger partial charge < -0.3 is 5.32 Å². The zero-order chi connectivity index (χ0) is 17.6. The molecule has 1 aromatic carbocycles. The lowest BCUT2D eigenvalue weighted by atomic mass is 10.3. The van der Waals surface area contributed by atoms with E-state index in [1.165, 1.54) is 27.9 Å². The Morgan fingerprint density at radius 1 is 1.25 bits per heavy atom. The fraction of sp³-hybridized carbons (Fsp3) is 0.154. The van der Waals surface area contributed by atoms with Crippen LogP contribution in [-0.2, 0) is 32.1 Å². The Hall–Kier alpha value is -2.92. The summed E-state index contributed by atoms with van der Waals surface area (Å²) in [5, 5.41) is 2.68. The van der Waals surface area contributed by atoms with Crippen molar-refractivity contribution in [3.8, 4) is 0 Å². The normalized spacial score (nSPS) is 10.9. The highest BCUT2D eigenvalue weighted by atomic mass is 32.2. The van der Waals surface area contributed by atoms with Crippen LogP contribution < -0.4 is 20.7 Å². The summed E-state index contributed by atoms with van der Waals surface area (Å²) in [6.07, 6.45) is 4.84. The predicted octanol–water partition coefficient (Wildman–Crippen LogP) is -0.667. The van der Waals surface area contributed by atoms with E-state index in [4.69, 9.17) is 4.55 Å². The monoisotopic (exact) mass is 354 g/mol. The van der Waals surface area contributed by atoms with E-state index < -0.39 is 16.0 Å². The molecule has 0 saturated heterocycles. The second-order valence-electron chi connectivity index (χ2n) is 4.82. The quantitative estimate of drug-likeness (QED) is 0.215. The topological polar surface area (TPSA) is 133 Å². The van der Waals surface area contributed by atoms with Gasteiger partial charge in [0.15, 0.2) is 6.54 Å². The van der Waals surface area contributed by atoms with Crippen molar-refractivity contribution >= 4 is 33.8 Å². The molecule has 4 N–H and O–H groups in total. The molecule has 128 valence electrons. The highest BCUT2D eigenvalue weighted by molar-refractivity contribution is 7.84. The number of nitrogens with zero attached hydrogens (tertiary/aromatic N) is 2. The molecule has 0 fully saturated rings. The summed E-state index contributed by atoms with van der Waals surface area (Å²) < 4.78 is 33.1. The maximum Gasteiger partial charge on any atom is 0.304 e. The number of carbonyl (C=O) groups is 2. The van der Waals surface area contributed by atoms with Crippen molar-refractivity contribution in [1.29, 1.82) is 0 Å². The number of nitrogens with one attached hydrogen (secondary N) is 3. The molecule has 2 rings (SSSR count). The number of benzene rings is 1. The first-order valence-electron chi connectivity index (χ1n) is 6.71. The Bertz CT molecular complexity index is 816. The van der Waals surface area contributed by atoms with Gasteiger partial charge in [-0.05, 0) is 24.3 Å². The van der Waals surface area contributed by atoms with Crippen molar-refractivity contribution < 1.29 is 27.1 Å². The van der Waals surface area contributed by atoms with E-state index in [1.807, 2.05) is 0 Å². The Kier molecular flexibility index (Phi) is 5.50. The van der Waals surface area contributed by atoms with Crippen LogP contribution in [0.1, 0.15) is 0 Å². The third kappa shape index (κ3) is 5.70. The SMILES string of the molecule is O=CNNc1ccc(NC(=O)C[n+]2ccn(CS(=O)(=O)O)c2)cc1. The van der Waals surface area contributed by atoms with Gasteiger partial charge in [0, 0.05) is 5.69 Å². The van der Waals surface area contributed by atoms with Crippen LogP contribution in [0.5, 0.6) is 0 Å². The van der Waals surface area contributed by atoms with Gasteiger partial charge >= 0.3 is 10.1 Å². The molecular weight excluding hydrogens is 338 g/mol. The minimum absolute atomic E-state index is 0.0226. The van der Waals surface area contributed by atoms with E-state index in [0.717, 1.165) is 0 Å². The molecule has 24 heavy (non-hydrogen) atoms. The molecule has 0 spiro atoms. The third-order valence-corrected chi connectivity index (χ3v) is 3.45. The van der Waals surface area contributed by atoms with E-state index in [9.17, 15) is 18.0 Å². The summed E-state index contributed by atoms with van der Waals surface area (Å²) >= 11 is 0. The largest absolute Gasteiger partial charge is 0.323 e. The molecule has 0 aliphatic heterocycles. The average molecular weight is 354 g/mol. The van der Waals surface area contributed by atoms with E-state index in [2.05, 4.69) is 16.2 Å². The summed E-state index contributed by atoms with van der Waals surface area (Å²) in [6, 6.07) is 6.64. The van der Waals surface area contributed by atoms with Crippen molar-refractivity contribution in [1.82, 2.24) is 9.99 Å². The Balaban J connectivity index is 1.90. The van der Waals surface area contributed by atoms with Crippen LogP contribution in [-0.4, -0.2) is 29.9 Å². The van der Waals surface area contributed by atoms with Crippen molar-refractivity contribution in [3.63, 3.8) is 0 Å². The van der Waals surface area contributed by atoms with Gasteiger partial charge in [0.05, 0.1) is 5.69 Å². The molecule has 0 radical (unpaired) electrons. The molecule has 0 atom stereocenters. The van der Waals surface area contributed by atoms with Crippen LogP contribution in [0.2, 0.25) is 0 Å². The van der Waals surface area contributed by atoms with Crippen LogP contribution in [0.25, 0.3) is 0 Å². The maximum atomic E-state index is 12.0. The van der Waals surface area contributed by atoms with Gasteiger partial charge in [-0.25, -0.2) is 9.13 Å². The minimum Gasteiger partial charge on any atom is -0.323 e. The van der Waals surface area contributed by atoms with Crippen molar-refractivity contribution in [2.45, 2.75) is 12.4 Å². The van der Waals surface area contributed by atoms with Crippen LogP contribution in [0.15, 0.2) is 43.0 Å². The summed E-state index contributed by atoms with van der Waals surface area (Å²) in [4.78, 5) is 22.1. The van der Waals surface area contributed by atoms with Gasteiger partial charge in [0.2, 0.25) is 18.6 Å². The molecular formula is C13H16N5O5S+.